The third kappa shape index (κ3) is 5.13. The molecule has 1 aromatic carbocycles. The third-order valence-corrected chi connectivity index (χ3v) is 8.13. The lowest BCUT2D eigenvalue weighted by molar-refractivity contribution is -0.137. The third-order valence-electron chi connectivity index (χ3n) is 6.52. The van der Waals surface area contributed by atoms with Gasteiger partial charge in [0.15, 0.2) is 0 Å². The van der Waals surface area contributed by atoms with Crippen molar-refractivity contribution >= 4 is 75.0 Å². The Morgan fingerprint density at radius 2 is 1.89 bits per heavy atom. The van der Waals surface area contributed by atoms with E-state index in [-0.39, 0.29) is 27.8 Å². The molecule has 0 bridgehead atoms. The fourth-order valence-corrected chi connectivity index (χ4v) is 6.02. The highest BCUT2D eigenvalue weighted by Gasteiger charge is 2.33. The quantitative estimate of drug-likeness (QED) is 0.352. The SMILES string of the molecule is Cc1cccn2c(=O)c(C=C3SC(=S)N(CCC(=O)O)C3=O)c(N3CCN(c4cccc(Cl)c4)CC3)nc12. The minimum atomic E-state index is -1.02. The van der Waals surface area contributed by atoms with Crippen molar-refractivity contribution in [1.29, 1.82) is 0 Å². The van der Waals surface area contributed by atoms with Gasteiger partial charge in [0.25, 0.3) is 11.5 Å². The molecule has 3 aromatic rings. The smallest absolute Gasteiger partial charge is 0.305 e. The maximum atomic E-state index is 13.7. The van der Waals surface area contributed by atoms with Crippen molar-refractivity contribution in [2.75, 3.05) is 42.5 Å². The molecule has 2 aromatic heterocycles. The highest BCUT2D eigenvalue weighted by atomic mass is 35.5. The van der Waals surface area contributed by atoms with Crippen LogP contribution in [0.1, 0.15) is 17.5 Å². The second kappa shape index (κ2) is 10.8. The van der Waals surface area contributed by atoms with E-state index in [0.717, 1.165) is 23.0 Å². The van der Waals surface area contributed by atoms with Crippen LogP contribution < -0.4 is 15.4 Å². The number of carboxylic acids is 1. The number of pyridine rings is 1. The summed E-state index contributed by atoms with van der Waals surface area (Å²) < 4.78 is 1.75. The molecule has 0 atom stereocenters. The van der Waals surface area contributed by atoms with E-state index in [1.807, 2.05) is 37.3 Å². The van der Waals surface area contributed by atoms with Crippen LogP contribution in [0, 0.1) is 6.92 Å². The molecule has 4 heterocycles. The van der Waals surface area contributed by atoms with E-state index in [1.165, 1.54) is 9.30 Å². The number of aromatic nitrogens is 2. The first-order chi connectivity index (χ1) is 18.2. The first kappa shape index (κ1) is 26.2. The Labute approximate surface area is 233 Å². The Balaban J connectivity index is 1.51. The van der Waals surface area contributed by atoms with Crippen LogP contribution in [-0.2, 0) is 9.59 Å². The lowest BCUT2D eigenvalue weighted by atomic mass is 10.2. The number of benzene rings is 1. The molecule has 9 nitrogen and oxygen atoms in total. The number of thioether (sulfide) groups is 1. The monoisotopic (exact) mass is 569 g/mol. The van der Waals surface area contributed by atoms with Crippen LogP contribution in [0.5, 0.6) is 0 Å². The highest BCUT2D eigenvalue weighted by Crippen LogP contribution is 2.34. The van der Waals surface area contributed by atoms with E-state index in [9.17, 15) is 14.4 Å². The number of anilines is 2. The fourth-order valence-electron chi connectivity index (χ4n) is 4.55. The van der Waals surface area contributed by atoms with Crippen LogP contribution in [0.3, 0.4) is 0 Å². The molecule has 5 rings (SSSR count). The van der Waals surface area contributed by atoms with Gasteiger partial charge >= 0.3 is 5.97 Å². The molecular formula is C26H24ClN5O4S2. The molecule has 196 valence electrons. The second-order valence-corrected chi connectivity index (χ2v) is 11.1. The molecular weight excluding hydrogens is 546 g/mol. The molecule has 2 fully saturated rings. The summed E-state index contributed by atoms with van der Waals surface area (Å²) in [5, 5.41) is 9.70. The molecule has 1 N–H and O–H groups in total. The molecule has 12 heteroatoms. The number of carbonyl (C=O) groups is 2. The molecule has 38 heavy (non-hydrogen) atoms. The molecule has 2 saturated heterocycles. The average Bonchev–Trinajstić information content (AvgIpc) is 3.16. The van der Waals surface area contributed by atoms with Crippen LogP contribution in [0.2, 0.25) is 5.02 Å². The van der Waals surface area contributed by atoms with Crippen molar-refractivity contribution in [3.63, 3.8) is 0 Å². The molecule has 2 aliphatic rings. The number of amides is 1. The van der Waals surface area contributed by atoms with Gasteiger partial charge in [-0.25, -0.2) is 4.98 Å². The average molecular weight is 570 g/mol. The number of thiocarbonyl (C=S) groups is 1. The number of halogens is 1. The highest BCUT2D eigenvalue weighted by molar-refractivity contribution is 8.26. The molecule has 2 aliphatic heterocycles. The molecule has 0 aliphatic carbocycles. The molecule has 0 saturated carbocycles. The van der Waals surface area contributed by atoms with Gasteiger partial charge in [-0.05, 0) is 42.8 Å². The Hall–Kier alpha value is -3.41. The lowest BCUT2D eigenvalue weighted by Crippen LogP contribution is -2.47. The van der Waals surface area contributed by atoms with Gasteiger partial charge < -0.3 is 14.9 Å². The first-order valence-electron chi connectivity index (χ1n) is 12.0. The van der Waals surface area contributed by atoms with E-state index in [2.05, 4.69) is 9.80 Å². The van der Waals surface area contributed by atoms with Gasteiger partial charge in [-0.3, -0.25) is 23.7 Å². The zero-order valence-electron chi connectivity index (χ0n) is 20.5. The number of aliphatic carboxylic acids is 1. The maximum Gasteiger partial charge on any atom is 0.305 e. The molecule has 0 spiro atoms. The summed E-state index contributed by atoms with van der Waals surface area (Å²) in [6.45, 7) is 4.50. The predicted octanol–water partition coefficient (Wildman–Crippen LogP) is 3.66. The van der Waals surface area contributed by atoms with E-state index < -0.39 is 11.9 Å². The Bertz CT molecular complexity index is 1550. The van der Waals surface area contributed by atoms with Gasteiger partial charge in [-0.2, -0.15) is 0 Å². The number of nitrogens with zero attached hydrogens (tertiary/aromatic N) is 5. The topological polar surface area (TPSA) is 98.5 Å². The van der Waals surface area contributed by atoms with Gasteiger partial charge in [-0.1, -0.05) is 47.7 Å². The fraction of sp³-hybridized carbons (Fsp3) is 0.269. The van der Waals surface area contributed by atoms with E-state index >= 15 is 0 Å². The van der Waals surface area contributed by atoms with Crippen LogP contribution in [0.15, 0.2) is 52.3 Å². The standard InChI is InChI=1S/C26H24ClN5O4S2/c1-16-4-3-8-31-22(16)28-23(30-12-10-29(11-13-30)18-6-2-5-17(27)14-18)19(24(31)35)15-20-25(36)32(26(37)38-20)9-7-21(33)34/h2-6,8,14-15H,7,9-13H2,1H3,(H,33,34). The summed E-state index contributed by atoms with van der Waals surface area (Å²) in [4.78, 5) is 48.5. The number of aryl methyl sites for hydroxylation is 1. The minimum Gasteiger partial charge on any atom is -0.481 e. The number of fused-ring (bicyclic) bond motifs is 1. The number of hydrogen-bond acceptors (Lipinski definition) is 8. The van der Waals surface area contributed by atoms with Gasteiger partial charge in [0.05, 0.1) is 16.9 Å². The van der Waals surface area contributed by atoms with E-state index in [4.69, 9.17) is 33.9 Å². The van der Waals surface area contributed by atoms with E-state index in [0.29, 0.717) is 48.2 Å². The van der Waals surface area contributed by atoms with Crippen molar-refractivity contribution in [2.45, 2.75) is 13.3 Å². The maximum absolute atomic E-state index is 13.7. The van der Waals surface area contributed by atoms with Crippen LogP contribution >= 0.6 is 35.6 Å². The van der Waals surface area contributed by atoms with Crippen molar-refractivity contribution < 1.29 is 14.7 Å². The summed E-state index contributed by atoms with van der Waals surface area (Å²) in [7, 11) is 0. The van der Waals surface area contributed by atoms with Crippen LogP contribution in [-0.4, -0.2) is 68.3 Å². The summed E-state index contributed by atoms with van der Waals surface area (Å²) >= 11 is 12.6. The van der Waals surface area contributed by atoms with Crippen LogP contribution in [0.25, 0.3) is 11.7 Å². The van der Waals surface area contributed by atoms with Gasteiger partial charge in [0.1, 0.15) is 15.8 Å². The number of hydrogen-bond donors (Lipinski definition) is 1. The Kier molecular flexibility index (Phi) is 7.42. The number of carbonyl (C=O) groups excluding carboxylic acids is 1. The minimum absolute atomic E-state index is 0.0240. The van der Waals surface area contributed by atoms with Crippen molar-refractivity contribution in [3.05, 3.63) is 74.0 Å². The predicted molar refractivity (Wildman–Crippen MR) is 154 cm³/mol. The van der Waals surface area contributed by atoms with Crippen molar-refractivity contribution in [1.82, 2.24) is 14.3 Å². The number of piperazine rings is 1. The summed E-state index contributed by atoms with van der Waals surface area (Å²) in [5.74, 6) is -0.924. The Morgan fingerprint density at radius 3 is 2.61 bits per heavy atom. The van der Waals surface area contributed by atoms with Gasteiger partial charge in [0, 0.05) is 49.6 Å². The van der Waals surface area contributed by atoms with Crippen molar-refractivity contribution in [3.8, 4) is 0 Å². The van der Waals surface area contributed by atoms with Gasteiger partial charge in [0.2, 0.25) is 0 Å². The van der Waals surface area contributed by atoms with Crippen molar-refractivity contribution in [2.24, 2.45) is 0 Å². The second-order valence-electron chi connectivity index (χ2n) is 8.97. The van der Waals surface area contributed by atoms with E-state index in [1.54, 1.807) is 18.3 Å². The van der Waals surface area contributed by atoms with Gasteiger partial charge in [-0.15, -0.1) is 0 Å². The lowest BCUT2D eigenvalue weighted by Gasteiger charge is -2.37. The number of rotatable bonds is 6. The summed E-state index contributed by atoms with van der Waals surface area (Å²) in [6, 6.07) is 11.4. The zero-order valence-corrected chi connectivity index (χ0v) is 22.9. The largest absolute Gasteiger partial charge is 0.481 e. The molecule has 0 radical (unpaired) electrons. The summed E-state index contributed by atoms with van der Waals surface area (Å²) in [6.07, 6.45) is 2.98. The molecule has 1 amide bonds. The number of carboxylic acid groups (broad SMARTS) is 1. The Morgan fingerprint density at radius 1 is 1.16 bits per heavy atom. The first-order valence-corrected chi connectivity index (χ1v) is 13.6. The molecule has 0 unspecified atom stereocenters. The summed E-state index contributed by atoms with van der Waals surface area (Å²) in [5.41, 5.74) is 2.44. The normalized spacial score (nSPS) is 17.2. The van der Waals surface area contributed by atoms with Crippen LogP contribution in [0.4, 0.5) is 11.5 Å². The zero-order chi connectivity index (χ0) is 27.0.